The van der Waals surface area contributed by atoms with Crippen molar-refractivity contribution in [1.29, 1.82) is 5.26 Å². The number of allylic oxidation sites excluding steroid dienone is 1. The van der Waals surface area contributed by atoms with Crippen molar-refractivity contribution in [1.82, 2.24) is 5.32 Å². The predicted octanol–water partition coefficient (Wildman–Crippen LogP) is 4.29. The SMILES string of the molecule is CCCSC1=C(C#N)[C@H](c2ccc(C(C)C)cc2)CC(=O)N1. The van der Waals surface area contributed by atoms with Crippen molar-refractivity contribution in [3.8, 4) is 6.07 Å². The van der Waals surface area contributed by atoms with E-state index < -0.39 is 0 Å². The van der Waals surface area contributed by atoms with Crippen LogP contribution < -0.4 is 5.32 Å². The van der Waals surface area contributed by atoms with E-state index in [-0.39, 0.29) is 11.8 Å². The molecule has 1 aliphatic heterocycles. The molecule has 0 aromatic heterocycles. The molecular formula is C18H22N2OS. The van der Waals surface area contributed by atoms with E-state index in [9.17, 15) is 10.1 Å². The summed E-state index contributed by atoms with van der Waals surface area (Å²) in [5.74, 6) is 1.25. The first-order chi connectivity index (χ1) is 10.6. The van der Waals surface area contributed by atoms with Gasteiger partial charge in [-0.05, 0) is 29.2 Å². The van der Waals surface area contributed by atoms with Crippen molar-refractivity contribution in [3.63, 3.8) is 0 Å². The summed E-state index contributed by atoms with van der Waals surface area (Å²) in [4.78, 5) is 12.0. The van der Waals surface area contributed by atoms with Crippen LogP contribution in [0.2, 0.25) is 0 Å². The second kappa shape index (κ2) is 7.51. The zero-order chi connectivity index (χ0) is 16.1. The summed E-state index contributed by atoms with van der Waals surface area (Å²) in [7, 11) is 0. The van der Waals surface area contributed by atoms with Gasteiger partial charge in [0.05, 0.1) is 16.7 Å². The summed E-state index contributed by atoms with van der Waals surface area (Å²) >= 11 is 1.57. The van der Waals surface area contributed by atoms with Crippen LogP contribution in [0.25, 0.3) is 0 Å². The maximum Gasteiger partial charge on any atom is 0.225 e. The molecule has 1 heterocycles. The monoisotopic (exact) mass is 314 g/mol. The fourth-order valence-corrected chi connectivity index (χ4v) is 3.47. The van der Waals surface area contributed by atoms with Gasteiger partial charge < -0.3 is 5.32 Å². The first-order valence-electron chi connectivity index (χ1n) is 7.73. The number of nitrogens with zero attached hydrogens (tertiary/aromatic N) is 1. The summed E-state index contributed by atoms with van der Waals surface area (Å²) < 4.78 is 0. The molecule has 0 radical (unpaired) electrons. The topological polar surface area (TPSA) is 52.9 Å². The van der Waals surface area contributed by atoms with Crippen molar-refractivity contribution in [2.45, 2.75) is 45.4 Å². The lowest BCUT2D eigenvalue weighted by Crippen LogP contribution is -2.30. The van der Waals surface area contributed by atoms with Crippen molar-refractivity contribution >= 4 is 17.7 Å². The molecule has 22 heavy (non-hydrogen) atoms. The Morgan fingerprint density at radius 3 is 2.59 bits per heavy atom. The number of hydrogen-bond acceptors (Lipinski definition) is 3. The van der Waals surface area contributed by atoms with Gasteiger partial charge in [-0.25, -0.2) is 0 Å². The number of hydrogen-bond donors (Lipinski definition) is 1. The molecule has 0 bridgehead atoms. The quantitative estimate of drug-likeness (QED) is 0.882. The highest BCUT2D eigenvalue weighted by atomic mass is 32.2. The van der Waals surface area contributed by atoms with E-state index in [0.29, 0.717) is 17.9 Å². The Bertz CT molecular complexity index is 611. The van der Waals surface area contributed by atoms with Crippen LogP contribution in [-0.4, -0.2) is 11.7 Å². The van der Waals surface area contributed by atoms with Crippen LogP contribution in [0.4, 0.5) is 0 Å². The first kappa shape index (κ1) is 16.6. The minimum absolute atomic E-state index is 0.00413. The summed E-state index contributed by atoms with van der Waals surface area (Å²) in [6, 6.07) is 10.6. The summed E-state index contributed by atoms with van der Waals surface area (Å²) in [6.07, 6.45) is 1.36. The van der Waals surface area contributed by atoms with E-state index in [0.717, 1.165) is 22.8 Å². The van der Waals surface area contributed by atoms with Gasteiger partial charge in [0.1, 0.15) is 0 Å². The molecule has 1 aromatic rings. The lowest BCUT2D eigenvalue weighted by Gasteiger charge is -2.25. The highest BCUT2D eigenvalue weighted by Crippen LogP contribution is 2.36. The van der Waals surface area contributed by atoms with Gasteiger partial charge in [-0.1, -0.05) is 45.0 Å². The van der Waals surface area contributed by atoms with Gasteiger partial charge in [0, 0.05) is 12.3 Å². The van der Waals surface area contributed by atoms with Crippen molar-refractivity contribution in [2.75, 3.05) is 5.75 Å². The fourth-order valence-electron chi connectivity index (χ4n) is 2.54. The smallest absolute Gasteiger partial charge is 0.225 e. The van der Waals surface area contributed by atoms with Crippen LogP contribution in [0.1, 0.15) is 56.6 Å². The standard InChI is InChI=1S/C18H22N2OS/c1-4-9-22-18-16(11-19)15(10-17(21)20-18)14-7-5-13(6-8-14)12(2)3/h5-8,12,15H,4,9-10H2,1-3H3,(H,20,21)/t15-/m0/s1. The Balaban J connectivity index is 2.34. The molecule has 1 atom stereocenters. The van der Waals surface area contributed by atoms with Crippen LogP contribution in [0.15, 0.2) is 34.9 Å². The Hall–Kier alpha value is -1.73. The number of thioether (sulfide) groups is 1. The fraction of sp³-hybridized carbons (Fsp3) is 0.444. The molecule has 1 aromatic carbocycles. The van der Waals surface area contributed by atoms with E-state index >= 15 is 0 Å². The molecule has 1 N–H and O–H groups in total. The lowest BCUT2D eigenvalue weighted by atomic mass is 9.86. The Morgan fingerprint density at radius 2 is 2.05 bits per heavy atom. The zero-order valence-corrected chi connectivity index (χ0v) is 14.2. The summed E-state index contributed by atoms with van der Waals surface area (Å²) in [6.45, 7) is 6.40. The molecule has 0 aliphatic carbocycles. The summed E-state index contributed by atoms with van der Waals surface area (Å²) in [5, 5.41) is 13.1. The lowest BCUT2D eigenvalue weighted by molar-refractivity contribution is -0.120. The molecule has 1 aliphatic rings. The molecular weight excluding hydrogens is 292 g/mol. The first-order valence-corrected chi connectivity index (χ1v) is 8.72. The largest absolute Gasteiger partial charge is 0.320 e. The van der Waals surface area contributed by atoms with E-state index in [4.69, 9.17) is 0 Å². The van der Waals surface area contributed by atoms with Crippen LogP contribution in [0.5, 0.6) is 0 Å². The number of nitriles is 1. The van der Waals surface area contributed by atoms with Crippen molar-refractivity contribution in [2.24, 2.45) is 0 Å². The number of benzene rings is 1. The number of carbonyl (C=O) groups excluding carboxylic acids is 1. The van der Waals surface area contributed by atoms with Gasteiger partial charge in [0.15, 0.2) is 0 Å². The average molecular weight is 314 g/mol. The Labute approximate surface area is 136 Å². The van der Waals surface area contributed by atoms with E-state index in [1.54, 1.807) is 11.8 Å². The summed E-state index contributed by atoms with van der Waals surface area (Å²) in [5.41, 5.74) is 3.01. The zero-order valence-electron chi connectivity index (χ0n) is 13.3. The van der Waals surface area contributed by atoms with E-state index in [2.05, 4.69) is 56.4 Å². The molecule has 0 unspecified atom stereocenters. The Kier molecular flexibility index (Phi) is 5.68. The maximum absolute atomic E-state index is 12.0. The molecule has 2 rings (SSSR count). The average Bonchev–Trinajstić information content (AvgIpc) is 2.52. The number of amides is 1. The maximum atomic E-state index is 12.0. The van der Waals surface area contributed by atoms with E-state index in [1.807, 2.05) is 0 Å². The highest BCUT2D eigenvalue weighted by Gasteiger charge is 2.29. The van der Waals surface area contributed by atoms with Crippen LogP contribution >= 0.6 is 11.8 Å². The minimum atomic E-state index is -0.126. The predicted molar refractivity (Wildman–Crippen MR) is 91.4 cm³/mol. The number of carbonyl (C=O) groups is 1. The van der Waals surface area contributed by atoms with Gasteiger partial charge in [-0.2, -0.15) is 5.26 Å². The van der Waals surface area contributed by atoms with Crippen molar-refractivity contribution in [3.05, 3.63) is 46.0 Å². The third-order valence-electron chi connectivity index (χ3n) is 3.81. The van der Waals surface area contributed by atoms with Gasteiger partial charge in [-0.3, -0.25) is 4.79 Å². The molecule has 0 saturated heterocycles. The number of nitrogens with one attached hydrogen (secondary N) is 1. The van der Waals surface area contributed by atoms with E-state index in [1.165, 1.54) is 5.56 Å². The molecule has 1 amide bonds. The van der Waals surface area contributed by atoms with Crippen LogP contribution in [0, 0.1) is 11.3 Å². The third kappa shape index (κ3) is 3.72. The second-order valence-electron chi connectivity index (χ2n) is 5.83. The Morgan fingerprint density at radius 1 is 1.36 bits per heavy atom. The minimum Gasteiger partial charge on any atom is -0.320 e. The van der Waals surface area contributed by atoms with Gasteiger partial charge in [0.25, 0.3) is 0 Å². The van der Waals surface area contributed by atoms with Crippen LogP contribution in [0.3, 0.4) is 0 Å². The van der Waals surface area contributed by atoms with Crippen LogP contribution in [-0.2, 0) is 4.79 Å². The molecule has 4 heteroatoms. The second-order valence-corrected chi connectivity index (χ2v) is 6.93. The van der Waals surface area contributed by atoms with Gasteiger partial charge >= 0.3 is 0 Å². The normalized spacial score (nSPS) is 18.3. The highest BCUT2D eigenvalue weighted by molar-refractivity contribution is 8.03. The molecule has 3 nitrogen and oxygen atoms in total. The van der Waals surface area contributed by atoms with Gasteiger partial charge in [0.2, 0.25) is 5.91 Å². The molecule has 0 saturated carbocycles. The van der Waals surface area contributed by atoms with Crippen molar-refractivity contribution < 1.29 is 4.79 Å². The number of rotatable bonds is 5. The molecule has 116 valence electrons. The molecule has 0 fully saturated rings. The van der Waals surface area contributed by atoms with Gasteiger partial charge in [-0.15, -0.1) is 11.8 Å². The third-order valence-corrected chi connectivity index (χ3v) is 5.04. The molecule has 0 spiro atoms.